The van der Waals surface area contributed by atoms with E-state index in [4.69, 9.17) is 4.74 Å². The smallest absolute Gasteiger partial charge is 0.306 e. The fourth-order valence-electron chi connectivity index (χ4n) is 7.19. The topological polar surface area (TPSA) is 80.1 Å². The van der Waals surface area contributed by atoms with E-state index in [0.717, 1.165) is 48.1 Å². The average molecular weight is 492 g/mol. The molecule has 3 aliphatic rings. The van der Waals surface area contributed by atoms with Crippen molar-refractivity contribution in [2.45, 2.75) is 50.4 Å². The van der Waals surface area contributed by atoms with Gasteiger partial charge in [0.2, 0.25) is 0 Å². The third kappa shape index (κ3) is 3.16. The standard InChI is InChI=1S/C28H27F2N3O3/c29-19-1-3-20(4-2-19)33-21-9-16-14-31-32-25(16)24(30)23(21)22(26(33)15-5-7-36-8-6-15)17-10-28(11-17)12-18(13-28)27(34)35/h1-4,9,14-15,17-18H,5-8,10-13H2,(H,31,32)(H,34,35). The first-order valence-corrected chi connectivity index (χ1v) is 12.7. The molecule has 8 heteroatoms. The summed E-state index contributed by atoms with van der Waals surface area (Å²) < 4.78 is 37.9. The minimum Gasteiger partial charge on any atom is -0.481 e. The zero-order valence-electron chi connectivity index (χ0n) is 19.8. The summed E-state index contributed by atoms with van der Waals surface area (Å²) in [6.07, 6.45) is 6.46. The molecule has 0 amide bonds. The van der Waals surface area contributed by atoms with E-state index in [1.54, 1.807) is 18.3 Å². The van der Waals surface area contributed by atoms with Crippen molar-refractivity contribution in [1.82, 2.24) is 14.8 Å². The molecule has 1 aliphatic heterocycles. The van der Waals surface area contributed by atoms with Gasteiger partial charge >= 0.3 is 5.97 Å². The summed E-state index contributed by atoms with van der Waals surface area (Å²) in [7, 11) is 0. The number of fused-ring (bicyclic) bond motifs is 2. The molecule has 6 nitrogen and oxygen atoms in total. The number of rotatable bonds is 4. The predicted molar refractivity (Wildman–Crippen MR) is 130 cm³/mol. The Hall–Kier alpha value is -3.26. The van der Waals surface area contributed by atoms with Crippen molar-refractivity contribution in [3.05, 3.63) is 59.4 Å². The summed E-state index contributed by atoms with van der Waals surface area (Å²) in [5.74, 6) is -1.26. The zero-order valence-corrected chi connectivity index (χ0v) is 19.8. The normalized spacial score (nSPS) is 26.4. The van der Waals surface area contributed by atoms with Crippen molar-refractivity contribution in [2.24, 2.45) is 11.3 Å². The number of hydrogen-bond donors (Lipinski definition) is 2. The minimum absolute atomic E-state index is 0.0551. The van der Waals surface area contributed by atoms with Crippen LogP contribution in [0.2, 0.25) is 0 Å². The van der Waals surface area contributed by atoms with Gasteiger partial charge in [0.15, 0.2) is 5.82 Å². The predicted octanol–water partition coefficient (Wildman–Crippen LogP) is 6.04. The second-order valence-corrected chi connectivity index (χ2v) is 11.0. The van der Waals surface area contributed by atoms with Crippen molar-refractivity contribution in [2.75, 3.05) is 13.2 Å². The Kier molecular flexibility index (Phi) is 4.80. The van der Waals surface area contributed by atoms with Gasteiger partial charge in [-0.1, -0.05) is 0 Å². The Balaban J connectivity index is 1.45. The molecule has 2 N–H and O–H groups in total. The van der Waals surface area contributed by atoms with Crippen LogP contribution < -0.4 is 0 Å². The number of halogens is 2. The maximum atomic E-state index is 16.2. The number of nitrogens with one attached hydrogen (secondary N) is 1. The van der Waals surface area contributed by atoms with E-state index in [9.17, 15) is 14.3 Å². The van der Waals surface area contributed by atoms with Crippen LogP contribution in [0.3, 0.4) is 0 Å². The van der Waals surface area contributed by atoms with Crippen LogP contribution in [0.1, 0.15) is 61.6 Å². The summed E-state index contributed by atoms with van der Waals surface area (Å²) in [6.45, 7) is 1.30. The number of ether oxygens (including phenoxy) is 1. The number of carboxylic acid groups (broad SMARTS) is 1. The minimum atomic E-state index is -0.715. The maximum Gasteiger partial charge on any atom is 0.306 e. The monoisotopic (exact) mass is 491 g/mol. The molecular weight excluding hydrogens is 464 g/mol. The third-order valence-electron chi connectivity index (χ3n) is 8.85. The van der Waals surface area contributed by atoms with Crippen molar-refractivity contribution in [3.63, 3.8) is 0 Å². The summed E-state index contributed by atoms with van der Waals surface area (Å²) in [5, 5.41) is 17.6. The van der Waals surface area contributed by atoms with Crippen molar-refractivity contribution >= 4 is 27.8 Å². The van der Waals surface area contributed by atoms with E-state index in [-0.39, 0.29) is 34.8 Å². The molecule has 36 heavy (non-hydrogen) atoms. The van der Waals surface area contributed by atoms with Gasteiger partial charge in [0.05, 0.1) is 17.6 Å². The van der Waals surface area contributed by atoms with Crippen LogP contribution in [0.5, 0.6) is 0 Å². The lowest BCUT2D eigenvalue weighted by Crippen LogP contribution is -2.49. The van der Waals surface area contributed by atoms with Crippen molar-refractivity contribution in [3.8, 4) is 5.69 Å². The van der Waals surface area contributed by atoms with Gasteiger partial charge in [-0.15, -0.1) is 0 Å². The Labute approximate surface area is 206 Å². The van der Waals surface area contributed by atoms with Gasteiger partial charge in [0.1, 0.15) is 11.3 Å². The Morgan fingerprint density at radius 3 is 2.50 bits per heavy atom. The van der Waals surface area contributed by atoms with Gasteiger partial charge in [-0.2, -0.15) is 5.10 Å². The fraction of sp³-hybridized carbons (Fsp3) is 0.429. The Morgan fingerprint density at radius 1 is 1.08 bits per heavy atom. The van der Waals surface area contributed by atoms with Crippen LogP contribution in [0.15, 0.2) is 36.5 Å². The molecule has 0 unspecified atom stereocenters. The van der Waals surface area contributed by atoms with Crippen LogP contribution in [-0.4, -0.2) is 39.1 Å². The van der Waals surface area contributed by atoms with Gasteiger partial charge in [-0.25, -0.2) is 8.78 Å². The molecule has 3 heterocycles. The van der Waals surface area contributed by atoms with Gasteiger partial charge in [-0.05, 0) is 85.8 Å². The maximum absolute atomic E-state index is 16.2. The fourth-order valence-corrected chi connectivity index (χ4v) is 7.19. The highest BCUT2D eigenvalue weighted by Gasteiger charge is 2.56. The molecule has 186 valence electrons. The van der Waals surface area contributed by atoms with E-state index in [1.807, 2.05) is 6.07 Å². The van der Waals surface area contributed by atoms with Gasteiger partial charge in [-0.3, -0.25) is 9.89 Å². The summed E-state index contributed by atoms with van der Waals surface area (Å²) in [4.78, 5) is 11.4. The summed E-state index contributed by atoms with van der Waals surface area (Å²) >= 11 is 0. The molecule has 2 aromatic heterocycles. The van der Waals surface area contributed by atoms with E-state index in [2.05, 4.69) is 14.8 Å². The highest BCUT2D eigenvalue weighted by molar-refractivity contribution is 6.00. The van der Waals surface area contributed by atoms with Crippen LogP contribution in [0.4, 0.5) is 8.78 Å². The van der Waals surface area contributed by atoms with E-state index >= 15 is 4.39 Å². The largest absolute Gasteiger partial charge is 0.481 e. The molecule has 1 saturated heterocycles. The first kappa shape index (κ1) is 22.0. The number of aromatic amines is 1. The highest BCUT2D eigenvalue weighted by atomic mass is 19.1. The highest BCUT2D eigenvalue weighted by Crippen LogP contribution is 2.65. The molecule has 2 aliphatic carbocycles. The number of aromatic nitrogens is 3. The van der Waals surface area contributed by atoms with Gasteiger partial charge in [0.25, 0.3) is 0 Å². The molecule has 2 aromatic carbocycles. The number of aliphatic carboxylic acids is 1. The lowest BCUT2D eigenvalue weighted by atomic mass is 9.47. The molecule has 7 rings (SSSR count). The molecule has 1 spiro atoms. The number of H-pyrrole nitrogens is 1. The molecule has 0 bridgehead atoms. The van der Waals surface area contributed by atoms with Crippen LogP contribution >= 0.6 is 0 Å². The molecule has 3 fully saturated rings. The van der Waals surface area contributed by atoms with E-state index in [1.165, 1.54) is 12.1 Å². The molecule has 2 saturated carbocycles. The van der Waals surface area contributed by atoms with Crippen molar-refractivity contribution < 1.29 is 23.4 Å². The molecular formula is C28H27F2N3O3. The molecule has 4 aromatic rings. The molecule has 0 atom stereocenters. The summed E-state index contributed by atoms with van der Waals surface area (Å²) in [6, 6.07) is 8.38. The zero-order chi connectivity index (χ0) is 24.6. The third-order valence-corrected chi connectivity index (χ3v) is 8.85. The van der Waals surface area contributed by atoms with Gasteiger partial charge in [0, 0.05) is 41.3 Å². The second kappa shape index (κ2) is 7.87. The van der Waals surface area contributed by atoms with Crippen molar-refractivity contribution in [1.29, 1.82) is 0 Å². The lowest BCUT2D eigenvalue weighted by Gasteiger charge is -2.57. The quantitative estimate of drug-likeness (QED) is 0.365. The first-order valence-electron chi connectivity index (χ1n) is 12.7. The van der Waals surface area contributed by atoms with Crippen LogP contribution in [0.25, 0.3) is 27.5 Å². The Morgan fingerprint density at radius 2 is 1.81 bits per heavy atom. The van der Waals surface area contributed by atoms with Crippen LogP contribution in [-0.2, 0) is 9.53 Å². The first-order chi connectivity index (χ1) is 17.4. The van der Waals surface area contributed by atoms with E-state index < -0.39 is 5.97 Å². The van der Waals surface area contributed by atoms with Crippen LogP contribution in [0, 0.1) is 23.0 Å². The lowest BCUT2D eigenvalue weighted by molar-refractivity contribution is -0.155. The average Bonchev–Trinajstić information content (AvgIpc) is 3.42. The summed E-state index contributed by atoms with van der Waals surface area (Å²) in [5.41, 5.74) is 4.14. The molecule has 0 radical (unpaired) electrons. The number of benzene rings is 2. The second-order valence-electron chi connectivity index (χ2n) is 11.0. The number of carbonyl (C=O) groups is 1. The van der Waals surface area contributed by atoms with E-state index in [0.29, 0.717) is 42.3 Å². The SMILES string of the molecule is O=C(O)C1CC2(C1)CC(c1c(C3CCOCC3)n(-c3ccc(F)cc3)c3cc4cn[nH]c4c(F)c13)C2. The number of hydrogen-bond acceptors (Lipinski definition) is 3. The van der Waals surface area contributed by atoms with Gasteiger partial charge < -0.3 is 14.4 Å². The number of carboxylic acids is 1. The number of nitrogens with zero attached hydrogens (tertiary/aromatic N) is 2. The Bertz CT molecular complexity index is 1490.